The molecule has 0 saturated heterocycles. The number of ether oxygens (including phenoxy) is 1. The monoisotopic (exact) mass is 399 g/mol. The average Bonchev–Trinajstić information content (AvgIpc) is 2.73. The molecular weight excluding hydrogens is 368 g/mol. The molecule has 2 aromatic rings. The first-order chi connectivity index (χ1) is 13.6. The summed E-state index contributed by atoms with van der Waals surface area (Å²) in [5, 5.41) is 0. The summed E-state index contributed by atoms with van der Waals surface area (Å²) in [4.78, 5) is 20.2. The van der Waals surface area contributed by atoms with Gasteiger partial charge in [0.25, 0.3) is 9.04 Å². The van der Waals surface area contributed by atoms with Gasteiger partial charge in [-0.3, -0.25) is 0 Å². The molecule has 0 bridgehead atoms. The van der Waals surface area contributed by atoms with Crippen molar-refractivity contribution in [1.82, 2.24) is 9.97 Å². The SMILES string of the molecule is CCCCC(CCCC)[Si](C)Oc1ccc(-c2nccc(C(=O)OC)n2)cc1. The molecule has 0 N–H and O–H groups in total. The molecule has 0 saturated carbocycles. The van der Waals surface area contributed by atoms with Crippen molar-refractivity contribution in [2.45, 2.75) is 64.5 Å². The van der Waals surface area contributed by atoms with E-state index in [-0.39, 0.29) is 5.69 Å². The summed E-state index contributed by atoms with van der Waals surface area (Å²) in [5.41, 5.74) is 1.78. The molecule has 1 radical (unpaired) electrons. The number of benzene rings is 1. The van der Waals surface area contributed by atoms with Crippen molar-refractivity contribution >= 4 is 15.0 Å². The molecular formula is C22H31N2O3Si. The average molecular weight is 400 g/mol. The van der Waals surface area contributed by atoms with Crippen LogP contribution < -0.4 is 4.43 Å². The van der Waals surface area contributed by atoms with E-state index in [9.17, 15) is 4.79 Å². The quantitative estimate of drug-likeness (QED) is 0.359. The minimum Gasteiger partial charge on any atom is -0.542 e. The second-order valence-electron chi connectivity index (χ2n) is 6.98. The van der Waals surface area contributed by atoms with E-state index in [1.54, 1.807) is 12.3 Å². The number of methoxy groups -OCH3 is 1. The minimum atomic E-state index is -0.915. The van der Waals surface area contributed by atoms with Crippen LogP contribution in [-0.4, -0.2) is 32.1 Å². The predicted octanol–water partition coefficient (Wildman–Crippen LogP) is 5.68. The number of nitrogens with zero attached hydrogens (tertiary/aromatic N) is 2. The lowest BCUT2D eigenvalue weighted by Gasteiger charge is -2.22. The highest BCUT2D eigenvalue weighted by Crippen LogP contribution is 2.28. The van der Waals surface area contributed by atoms with Gasteiger partial charge in [-0.25, -0.2) is 14.8 Å². The van der Waals surface area contributed by atoms with Crippen molar-refractivity contribution in [2.75, 3.05) is 7.11 Å². The fourth-order valence-electron chi connectivity index (χ4n) is 3.11. The highest BCUT2D eigenvalue weighted by molar-refractivity contribution is 6.52. The Morgan fingerprint density at radius 1 is 1.07 bits per heavy atom. The summed E-state index contributed by atoms with van der Waals surface area (Å²) < 4.78 is 11.1. The molecule has 0 amide bonds. The standard InChI is InChI=1S/C22H31N2O3Si/c1-5-7-9-19(10-8-6-2)28(4)27-18-13-11-17(12-14-18)21-23-16-15-20(24-21)22(25)26-3/h11-16,19H,5-10H2,1-4H3. The van der Waals surface area contributed by atoms with E-state index >= 15 is 0 Å². The highest BCUT2D eigenvalue weighted by atomic mass is 28.3. The Morgan fingerprint density at radius 3 is 2.29 bits per heavy atom. The zero-order chi connectivity index (χ0) is 20.4. The van der Waals surface area contributed by atoms with Gasteiger partial charge < -0.3 is 9.16 Å². The second-order valence-corrected chi connectivity index (χ2v) is 9.22. The molecule has 5 nitrogen and oxygen atoms in total. The topological polar surface area (TPSA) is 61.3 Å². The Balaban J connectivity index is 2.06. The largest absolute Gasteiger partial charge is 0.542 e. The van der Waals surface area contributed by atoms with E-state index in [1.807, 2.05) is 24.3 Å². The Kier molecular flexibility index (Phi) is 9.14. The lowest BCUT2D eigenvalue weighted by molar-refractivity contribution is 0.0594. The fourth-order valence-corrected chi connectivity index (χ4v) is 5.01. The Hall–Kier alpha value is -2.21. The first-order valence-corrected chi connectivity index (χ1v) is 12.1. The van der Waals surface area contributed by atoms with Gasteiger partial charge in [0.1, 0.15) is 5.75 Å². The van der Waals surface area contributed by atoms with Crippen LogP contribution in [-0.2, 0) is 4.74 Å². The molecule has 0 aliphatic carbocycles. The van der Waals surface area contributed by atoms with Gasteiger partial charge in [0.2, 0.25) is 0 Å². The van der Waals surface area contributed by atoms with E-state index < -0.39 is 15.0 Å². The van der Waals surface area contributed by atoms with E-state index in [0.717, 1.165) is 11.3 Å². The molecule has 2 rings (SSSR count). The number of carbonyl (C=O) groups is 1. The van der Waals surface area contributed by atoms with Gasteiger partial charge in [-0.2, -0.15) is 0 Å². The van der Waals surface area contributed by atoms with Crippen LogP contribution in [0.1, 0.15) is 62.9 Å². The summed E-state index contributed by atoms with van der Waals surface area (Å²) in [6.45, 7) is 6.77. The molecule has 1 aromatic carbocycles. The Labute approximate surface area is 170 Å². The molecule has 0 atom stereocenters. The molecule has 0 aliphatic rings. The van der Waals surface area contributed by atoms with Crippen molar-refractivity contribution < 1.29 is 14.0 Å². The summed E-state index contributed by atoms with van der Waals surface area (Å²) >= 11 is 0. The first-order valence-electron chi connectivity index (χ1n) is 10.1. The van der Waals surface area contributed by atoms with Crippen LogP contribution in [0.5, 0.6) is 5.75 Å². The second kappa shape index (κ2) is 11.6. The lowest BCUT2D eigenvalue weighted by Crippen LogP contribution is -2.25. The van der Waals surface area contributed by atoms with Crippen LogP contribution in [0.2, 0.25) is 12.1 Å². The fraction of sp³-hybridized carbons (Fsp3) is 0.500. The normalized spacial score (nSPS) is 11.1. The maximum Gasteiger partial charge on any atom is 0.356 e. The summed E-state index contributed by atoms with van der Waals surface area (Å²) in [7, 11) is 0.426. The van der Waals surface area contributed by atoms with Gasteiger partial charge in [-0.05, 0) is 55.3 Å². The number of unbranched alkanes of at least 4 members (excludes halogenated alkanes) is 2. The van der Waals surface area contributed by atoms with Crippen LogP contribution in [0.15, 0.2) is 36.5 Å². The number of aromatic nitrogens is 2. The molecule has 0 unspecified atom stereocenters. The minimum absolute atomic E-state index is 0.251. The highest BCUT2D eigenvalue weighted by Gasteiger charge is 2.22. The lowest BCUT2D eigenvalue weighted by atomic mass is 10.1. The van der Waals surface area contributed by atoms with Gasteiger partial charge in [-0.1, -0.05) is 39.5 Å². The van der Waals surface area contributed by atoms with E-state index in [4.69, 9.17) is 9.16 Å². The predicted molar refractivity (Wildman–Crippen MR) is 114 cm³/mol. The van der Waals surface area contributed by atoms with Crippen LogP contribution in [0, 0.1) is 0 Å². The maximum absolute atomic E-state index is 11.7. The molecule has 0 spiro atoms. The van der Waals surface area contributed by atoms with Crippen molar-refractivity contribution in [1.29, 1.82) is 0 Å². The van der Waals surface area contributed by atoms with Crippen molar-refractivity contribution in [3.8, 4) is 17.1 Å². The van der Waals surface area contributed by atoms with Gasteiger partial charge in [0.15, 0.2) is 11.5 Å². The molecule has 1 heterocycles. The van der Waals surface area contributed by atoms with E-state index in [1.165, 1.54) is 45.6 Å². The Morgan fingerprint density at radius 2 is 1.71 bits per heavy atom. The van der Waals surface area contributed by atoms with Gasteiger partial charge >= 0.3 is 5.97 Å². The van der Waals surface area contributed by atoms with Crippen LogP contribution in [0.4, 0.5) is 0 Å². The summed E-state index contributed by atoms with van der Waals surface area (Å²) in [6.07, 6.45) is 9.09. The maximum atomic E-state index is 11.7. The zero-order valence-electron chi connectivity index (χ0n) is 17.4. The van der Waals surface area contributed by atoms with Gasteiger partial charge in [0, 0.05) is 11.8 Å². The summed E-state index contributed by atoms with van der Waals surface area (Å²) in [6, 6.07) is 9.36. The summed E-state index contributed by atoms with van der Waals surface area (Å²) in [5.74, 6) is 0.925. The first kappa shape index (κ1) is 22.1. The third-order valence-electron chi connectivity index (χ3n) is 4.83. The molecule has 1 aromatic heterocycles. The smallest absolute Gasteiger partial charge is 0.356 e. The number of hydrogen-bond donors (Lipinski definition) is 0. The molecule has 0 aliphatic heterocycles. The van der Waals surface area contributed by atoms with E-state index in [2.05, 4.69) is 30.4 Å². The van der Waals surface area contributed by atoms with E-state index in [0.29, 0.717) is 11.4 Å². The number of esters is 1. The third-order valence-corrected chi connectivity index (χ3v) is 7.11. The zero-order valence-corrected chi connectivity index (χ0v) is 18.4. The molecule has 28 heavy (non-hydrogen) atoms. The number of carbonyl (C=O) groups excluding carboxylic acids is 1. The molecule has 151 valence electrons. The number of hydrogen-bond acceptors (Lipinski definition) is 5. The molecule has 6 heteroatoms. The van der Waals surface area contributed by atoms with Crippen molar-refractivity contribution in [3.05, 3.63) is 42.2 Å². The van der Waals surface area contributed by atoms with Gasteiger partial charge in [-0.15, -0.1) is 0 Å². The molecule has 0 fully saturated rings. The van der Waals surface area contributed by atoms with Crippen LogP contribution in [0.3, 0.4) is 0 Å². The number of rotatable bonds is 11. The van der Waals surface area contributed by atoms with Crippen molar-refractivity contribution in [3.63, 3.8) is 0 Å². The van der Waals surface area contributed by atoms with Crippen LogP contribution in [0.25, 0.3) is 11.4 Å². The van der Waals surface area contributed by atoms with Crippen molar-refractivity contribution in [2.24, 2.45) is 0 Å². The third kappa shape index (κ3) is 6.44. The Bertz CT molecular complexity index is 729. The van der Waals surface area contributed by atoms with Gasteiger partial charge in [0.05, 0.1) is 7.11 Å². The van der Waals surface area contributed by atoms with Crippen LogP contribution >= 0.6 is 0 Å².